The van der Waals surface area contributed by atoms with Crippen molar-refractivity contribution >= 4 is 28.5 Å². The smallest absolute Gasteiger partial charge is 0.273 e. The zero-order valence-corrected chi connectivity index (χ0v) is 16.5. The number of aryl methyl sites for hydroxylation is 1. The van der Waals surface area contributed by atoms with Crippen molar-refractivity contribution in [2.75, 3.05) is 17.7 Å². The Morgan fingerprint density at radius 2 is 2.29 bits per heavy atom. The summed E-state index contributed by atoms with van der Waals surface area (Å²) in [6.45, 7) is 1.94. The van der Waals surface area contributed by atoms with E-state index in [-0.39, 0.29) is 5.91 Å². The number of amides is 1. The van der Waals surface area contributed by atoms with E-state index in [0.717, 1.165) is 12.2 Å². The summed E-state index contributed by atoms with van der Waals surface area (Å²) in [6, 6.07) is 5.15. The summed E-state index contributed by atoms with van der Waals surface area (Å²) in [4.78, 5) is 21.5. The molecule has 0 unspecified atom stereocenters. The van der Waals surface area contributed by atoms with E-state index in [2.05, 4.69) is 20.4 Å². The van der Waals surface area contributed by atoms with Gasteiger partial charge < -0.3 is 11.1 Å². The lowest BCUT2D eigenvalue weighted by atomic mass is 9.93. The van der Waals surface area contributed by atoms with Gasteiger partial charge in [0.25, 0.3) is 5.91 Å². The van der Waals surface area contributed by atoms with E-state index in [9.17, 15) is 9.18 Å². The van der Waals surface area contributed by atoms with Gasteiger partial charge in [-0.2, -0.15) is 5.10 Å². The molecule has 0 saturated heterocycles. The van der Waals surface area contributed by atoms with E-state index in [1.807, 2.05) is 6.92 Å². The number of nitrogens with two attached hydrogens (primary N) is 1. The second-order valence-electron chi connectivity index (χ2n) is 7.39. The Kier molecular flexibility index (Phi) is 5.09. The number of hydrogen-bond donors (Lipinski definition) is 2. The number of alkyl halides is 1. The van der Waals surface area contributed by atoms with Gasteiger partial charge in [-0.3, -0.25) is 14.5 Å². The summed E-state index contributed by atoms with van der Waals surface area (Å²) in [5, 5.41) is 7.69. The molecule has 0 spiro atoms. The zero-order valence-electron chi connectivity index (χ0n) is 15.7. The molecular weight excluding hydrogens is 379 g/mol. The number of aromatic nitrogens is 3. The third-order valence-electron chi connectivity index (χ3n) is 5.07. The first-order valence-corrected chi connectivity index (χ1v) is 10.3. The molecule has 4 rings (SSSR count). The van der Waals surface area contributed by atoms with E-state index in [0.29, 0.717) is 40.3 Å². The van der Waals surface area contributed by atoms with E-state index < -0.39 is 12.2 Å². The predicted octanol–water partition coefficient (Wildman–Crippen LogP) is 2.87. The summed E-state index contributed by atoms with van der Waals surface area (Å²) < 4.78 is 15.7. The molecule has 1 aliphatic heterocycles. The highest BCUT2D eigenvalue weighted by Gasteiger charge is 2.36. The minimum absolute atomic E-state index is 0.241. The third-order valence-corrected chi connectivity index (χ3v) is 5.86. The standard InChI is InChI=1S/C19H23FN6OS/c1-12-8-15(26(25-12)10-13-2-3-13)17(27)23-14-4-6-22-16(9-14)19(11-20)5-7-28-18(21)24-19/h4,6,8-9,13H,2-3,5,7,10-11H2,1H3,(H2,21,24)(H,22,23,27)/t19-/m1/s1. The SMILES string of the molecule is Cc1cc(C(=O)Nc2ccnc([C@]3(CF)CCSC(N)=N3)c2)n(CC2CC2)n1. The number of carbonyl (C=O) groups is 1. The van der Waals surface area contributed by atoms with Gasteiger partial charge in [-0.25, -0.2) is 9.38 Å². The second kappa shape index (κ2) is 7.54. The fourth-order valence-corrected chi connectivity index (χ4v) is 4.23. The summed E-state index contributed by atoms with van der Waals surface area (Å²) in [7, 11) is 0. The summed E-state index contributed by atoms with van der Waals surface area (Å²) >= 11 is 1.41. The van der Waals surface area contributed by atoms with Crippen LogP contribution in [0.15, 0.2) is 29.4 Å². The molecule has 0 aromatic carbocycles. The van der Waals surface area contributed by atoms with Crippen molar-refractivity contribution in [2.24, 2.45) is 16.6 Å². The summed E-state index contributed by atoms with van der Waals surface area (Å²) in [6.07, 6.45) is 4.43. The van der Waals surface area contributed by atoms with Crippen molar-refractivity contribution in [3.05, 3.63) is 41.5 Å². The molecule has 28 heavy (non-hydrogen) atoms. The molecule has 2 aromatic rings. The first kappa shape index (κ1) is 18.9. The monoisotopic (exact) mass is 402 g/mol. The average Bonchev–Trinajstić information content (AvgIpc) is 3.42. The van der Waals surface area contributed by atoms with Crippen LogP contribution in [0.1, 0.15) is 41.1 Å². The fourth-order valence-electron chi connectivity index (χ4n) is 3.34. The maximum atomic E-state index is 13.9. The number of thioether (sulfide) groups is 1. The van der Waals surface area contributed by atoms with Crippen molar-refractivity contribution in [1.82, 2.24) is 14.8 Å². The predicted molar refractivity (Wildman–Crippen MR) is 108 cm³/mol. The number of hydrogen-bond acceptors (Lipinski definition) is 6. The molecule has 0 radical (unpaired) electrons. The second-order valence-corrected chi connectivity index (χ2v) is 8.51. The van der Waals surface area contributed by atoms with Gasteiger partial charge in [0.2, 0.25) is 0 Å². The highest BCUT2D eigenvalue weighted by molar-refractivity contribution is 8.13. The topological polar surface area (TPSA) is 98.2 Å². The van der Waals surface area contributed by atoms with Gasteiger partial charge in [0.05, 0.1) is 11.4 Å². The minimum atomic E-state index is -1.08. The maximum Gasteiger partial charge on any atom is 0.273 e. The molecule has 1 fully saturated rings. The van der Waals surface area contributed by atoms with Crippen LogP contribution in [0.4, 0.5) is 10.1 Å². The van der Waals surface area contributed by atoms with Gasteiger partial charge in [-0.15, -0.1) is 0 Å². The first-order valence-electron chi connectivity index (χ1n) is 9.35. The number of rotatable bonds is 6. The Labute approximate surface area is 167 Å². The number of pyridine rings is 1. The Morgan fingerprint density at radius 3 is 3.00 bits per heavy atom. The lowest BCUT2D eigenvalue weighted by Crippen LogP contribution is -2.34. The number of halogens is 1. The van der Waals surface area contributed by atoms with Crippen molar-refractivity contribution in [1.29, 1.82) is 0 Å². The number of amidine groups is 1. The van der Waals surface area contributed by atoms with Gasteiger partial charge in [0.1, 0.15) is 17.9 Å². The van der Waals surface area contributed by atoms with E-state index in [1.54, 1.807) is 29.1 Å². The van der Waals surface area contributed by atoms with Crippen LogP contribution < -0.4 is 11.1 Å². The minimum Gasteiger partial charge on any atom is -0.379 e. The molecule has 3 N–H and O–H groups in total. The molecule has 1 atom stereocenters. The lowest BCUT2D eigenvalue weighted by Gasteiger charge is -2.30. The lowest BCUT2D eigenvalue weighted by molar-refractivity contribution is 0.101. The van der Waals surface area contributed by atoms with Gasteiger partial charge >= 0.3 is 0 Å². The Morgan fingerprint density at radius 1 is 1.46 bits per heavy atom. The molecular formula is C19H23FN6OS. The average molecular weight is 402 g/mol. The van der Waals surface area contributed by atoms with Crippen LogP contribution in [0.5, 0.6) is 0 Å². The van der Waals surface area contributed by atoms with E-state index >= 15 is 0 Å². The quantitative estimate of drug-likeness (QED) is 0.774. The van der Waals surface area contributed by atoms with Gasteiger partial charge in [-0.05, 0) is 50.3 Å². The molecule has 7 nitrogen and oxygen atoms in total. The highest BCUT2D eigenvalue weighted by Crippen LogP contribution is 2.36. The van der Waals surface area contributed by atoms with Crippen LogP contribution in [-0.2, 0) is 12.1 Å². The number of anilines is 1. The van der Waals surface area contributed by atoms with Crippen LogP contribution in [0.2, 0.25) is 0 Å². The van der Waals surface area contributed by atoms with Crippen molar-refractivity contribution in [3.8, 4) is 0 Å². The Balaban J connectivity index is 1.57. The molecule has 3 heterocycles. The van der Waals surface area contributed by atoms with Crippen LogP contribution in [-0.4, -0.2) is 38.3 Å². The fraction of sp³-hybridized carbons (Fsp3) is 0.474. The molecule has 2 aliphatic rings. The van der Waals surface area contributed by atoms with Crippen LogP contribution >= 0.6 is 11.8 Å². The Hall–Kier alpha value is -2.42. The number of aliphatic imine (C=N–C) groups is 1. The first-order chi connectivity index (χ1) is 13.5. The van der Waals surface area contributed by atoms with Gasteiger partial charge in [-0.1, -0.05) is 11.8 Å². The highest BCUT2D eigenvalue weighted by atomic mass is 32.2. The normalized spacial score (nSPS) is 22.0. The molecule has 1 saturated carbocycles. The third kappa shape index (κ3) is 3.89. The summed E-state index contributed by atoms with van der Waals surface area (Å²) in [5.41, 5.74) is 7.09. The zero-order chi connectivity index (χ0) is 19.7. The van der Waals surface area contributed by atoms with Gasteiger partial charge in [0.15, 0.2) is 5.17 Å². The van der Waals surface area contributed by atoms with E-state index in [4.69, 9.17) is 5.73 Å². The van der Waals surface area contributed by atoms with Crippen molar-refractivity contribution in [2.45, 2.75) is 38.3 Å². The molecule has 9 heteroatoms. The van der Waals surface area contributed by atoms with Crippen LogP contribution in [0.3, 0.4) is 0 Å². The number of nitrogens with one attached hydrogen (secondary N) is 1. The number of nitrogens with zero attached hydrogens (tertiary/aromatic N) is 4. The maximum absolute atomic E-state index is 13.9. The molecule has 148 valence electrons. The largest absolute Gasteiger partial charge is 0.379 e. The molecule has 2 aromatic heterocycles. The van der Waals surface area contributed by atoms with Crippen LogP contribution in [0, 0.1) is 12.8 Å². The van der Waals surface area contributed by atoms with Crippen LogP contribution in [0.25, 0.3) is 0 Å². The van der Waals surface area contributed by atoms with Gasteiger partial charge in [0, 0.05) is 24.2 Å². The Bertz CT molecular complexity index is 925. The van der Waals surface area contributed by atoms with Crippen molar-refractivity contribution < 1.29 is 9.18 Å². The van der Waals surface area contributed by atoms with E-state index in [1.165, 1.54) is 24.6 Å². The molecule has 1 aliphatic carbocycles. The molecule has 1 amide bonds. The number of carbonyl (C=O) groups excluding carboxylic acids is 1. The van der Waals surface area contributed by atoms with Crippen molar-refractivity contribution in [3.63, 3.8) is 0 Å². The molecule has 0 bridgehead atoms. The summed E-state index contributed by atoms with van der Waals surface area (Å²) in [5.74, 6) is 1.04.